The van der Waals surface area contributed by atoms with Crippen LogP contribution in [-0.2, 0) is 11.2 Å². The number of carboxylic acid groups (broad SMARTS) is 1. The molecule has 0 radical (unpaired) electrons. The number of halogens is 1. The summed E-state index contributed by atoms with van der Waals surface area (Å²) < 4.78 is 0.769. The maximum Gasteiger partial charge on any atom is 0.337 e. The van der Waals surface area contributed by atoms with Crippen molar-refractivity contribution in [1.82, 2.24) is 0 Å². The van der Waals surface area contributed by atoms with Crippen molar-refractivity contribution in [2.24, 2.45) is 0 Å². The molecule has 0 aliphatic carbocycles. The largest absolute Gasteiger partial charge is 0.479 e. The summed E-state index contributed by atoms with van der Waals surface area (Å²) in [5.41, 5.74) is 1.30. The summed E-state index contributed by atoms with van der Waals surface area (Å²) >= 11 is 3.24. The van der Waals surface area contributed by atoms with E-state index in [9.17, 15) is 9.90 Å². The number of hydrogen-bond acceptors (Lipinski definition) is 2. The Bertz CT molecular complexity index is 349. The van der Waals surface area contributed by atoms with Gasteiger partial charge in [0.15, 0.2) is 6.10 Å². The molecule has 3 nitrogen and oxygen atoms in total. The summed E-state index contributed by atoms with van der Waals surface area (Å²) in [6, 6.07) is 5.28. The third-order valence-electron chi connectivity index (χ3n) is 2.02. The fourth-order valence-electron chi connectivity index (χ4n) is 1.28. The zero-order chi connectivity index (χ0) is 10.7. The number of aliphatic hydroxyl groups is 1. The summed E-state index contributed by atoms with van der Waals surface area (Å²) in [5, 5.41) is 18.1. The quantitative estimate of drug-likeness (QED) is 0.874. The van der Waals surface area contributed by atoms with Crippen molar-refractivity contribution >= 4 is 21.9 Å². The number of aliphatic carboxylic acids is 1. The van der Waals surface area contributed by atoms with Gasteiger partial charge in [0.05, 0.1) is 0 Å². The van der Waals surface area contributed by atoms with Crippen molar-refractivity contribution in [3.05, 3.63) is 33.8 Å². The highest BCUT2D eigenvalue weighted by Crippen LogP contribution is 2.23. The summed E-state index contributed by atoms with van der Waals surface area (Å²) in [5.74, 6) is -1.22. The zero-order valence-corrected chi connectivity index (χ0v) is 9.28. The van der Waals surface area contributed by atoms with Crippen LogP contribution in [0.5, 0.6) is 0 Å². The summed E-state index contributed by atoms with van der Waals surface area (Å²) in [4.78, 5) is 10.6. The Morgan fingerprint density at radius 1 is 1.57 bits per heavy atom. The van der Waals surface area contributed by atoms with Crippen LogP contribution >= 0.6 is 15.9 Å². The molecule has 0 amide bonds. The molecule has 76 valence electrons. The van der Waals surface area contributed by atoms with Gasteiger partial charge in [-0.15, -0.1) is 0 Å². The third kappa shape index (κ3) is 2.33. The van der Waals surface area contributed by atoms with E-state index >= 15 is 0 Å². The van der Waals surface area contributed by atoms with Crippen molar-refractivity contribution in [3.63, 3.8) is 0 Å². The van der Waals surface area contributed by atoms with Crippen LogP contribution in [0, 0.1) is 0 Å². The second kappa shape index (κ2) is 4.57. The molecule has 0 fully saturated rings. The van der Waals surface area contributed by atoms with Crippen molar-refractivity contribution in [2.75, 3.05) is 0 Å². The van der Waals surface area contributed by atoms with E-state index in [1.807, 2.05) is 19.1 Å². The maximum atomic E-state index is 10.6. The lowest BCUT2D eigenvalue weighted by Gasteiger charge is -2.11. The predicted molar refractivity (Wildman–Crippen MR) is 56.1 cm³/mol. The Hall–Kier alpha value is -0.870. The van der Waals surface area contributed by atoms with Gasteiger partial charge in [0.1, 0.15) is 0 Å². The molecule has 2 N–H and O–H groups in total. The molecule has 1 rings (SSSR count). The molecule has 1 unspecified atom stereocenters. The molecule has 1 atom stereocenters. The third-order valence-corrected chi connectivity index (χ3v) is 2.51. The number of aryl methyl sites for hydroxylation is 1. The lowest BCUT2D eigenvalue weighted by atomic mass is 10.0. The van der Waals surface area contributed by atoms with Crippen LogP contribution in [0.25, 0.3) is 0 Å². The van der Waals surface area contributed by atoms with Crippen molar-refractivity contribution < 1.29 is 15.0 Å². The second-order valence-electron chi connectivity index (χ2n) is 2.94. The van der Waals surface area contributed by atoms with Crippen LogP contribution in [0.2, 0.25) is 0 Å². The van der Waals surface area contributed by atoms with Gasteiger partial charge in [-0.25, -0.2) is 4.79 Å². The second-order valence-corrected chi connectivity index (χ2v) is 3.85. The first-order valence-electron chi connectivity index (χ1n) is 4.25. The van der Waals surface area contributed by atoms with Crippen LogP contribution in [-0.4, -0.2) is 16.2 Å². The molecule has 0 spiro atoms. The van der Waals surface area contributed by atoms with Gasteiger partial charge >= 0.3 is 5.97 Å². The van der Waals surface area contributed by atoms with Crippen molar-refractivity contribution in [3.8, 4) is 0 Å². The molecule has 0 saturated heterocycles. The van der Waals surface area contributed by atoms with Crippen LogP contribution in [0.15, 0.2) is 22.7 Å². The SMILES string of the molecule is CCc1ccc(Br)cc1C(O)C(=O)O. The molecule has 4 heteroatoms. The minimum Gasteiger partial charge on any atom is -0.479 e. The lowest BCUT2D eigenvalue weighted by molar-refractivity contribution is -0.147. The molecule has 0 aliphatic rings. The van der Waals surface area contributed by atoms with Gasteiger partial charge in [-0.05, 0) is 29.7 Å². The van der Waals surface area contributed by atoms with Gasteiger partial charge in [0.2, 0.25) is 0 Å². The topological polar surface area (TPSA) is 57.5 Å². The van der Waals surface area contributed by atoms with Gasteiger partial charge in [-0.2, -0.15) is 0 Å². The van der Waals surface area contributed by atoms with Crippen LogP contribution in [0.1, 0.15) is 24.2 Å². The van der Waals surface area contributed by atoms with E-state index in [4.69, 9.17) is 5.11 Å². The molecule has 0 heterocycles. The van der Waals surface area contributed by atoms with Gasteiger partial charge in [0, 0.05) is 4.47 Å². The van der Waals surface area contributed by atoms with E-state index in [0.29, 0.717) is 12.0 Å². The average molecular weight is 259 g/mol. The van der Waals surface area contributed by atoms with E-state index in [2.05, 4.69) is 15.9 Å². The van der Waals surface area contributed by atoms with Crippen molar-refractivity contribution in [1.29, 1.82) is 0 Å². The van der Waals surface area contributed by atoms with Gasteiger partial charge in [-0.3, -0.25) is 0 Å². The monoisotopic (exact) mass is 258 g/mol. The first-order valence-corrected chi connectivity index (χ1v) is 5.04. The molecule has 0 aliphatic heterocycles. The minimum absolute atomic E-state index is 0.453. The number of rotatable bonds is 3. The standard InChI is InChI=1S/C10H11BrO3/c1-2-6-3-4-7(11)5-8(6)9(12)10(13)14/h3-5,9,12H,2H2,1H3,(H,13,14). The Balaban J connectivity index is 3.16. The molecule has 0 bridgehead atoms. The van der Waals surface area contributed by atoms with Crippen molar-refractivity contribution in [2.45, 2.75) is 19.4 Å². The molecule has 0 aromatic heterocycles. The Labute approximate surface area is 90.5 Å². The van der Waals surface area contributed by atoms with E-state index in [-0.39, 0.29) is 0 Å². The number of hydrogen-bond donors (Lipinski definition) is 2. The molecular weight excluding hydrogens is 248 g/mol. The maximum absolute atomic E-state index is 10.6. The van der Waals surface area contributed by atoms with Gasteiger partial charge < -0.3 is 10.2 Å². The van der Waals surface area contributed by atoms with E-state index in [1.54, 1.807) is 6.07 Å². The first kappa shape index (κ1) is 11.2. The smallest absolute Gasteiger partial charge is 0.337 e. The Morgan fingerprint density at radius 3 is 2.71 bits per heavy atom. The van der Waals surface area contributed by atoms with Crippen LogP contribution in [0.3, 0.4) is 0 Å². The number of carbonyl (C=O) groups is 1. The number of carboxylic acids is 1. The minimum atomic E-state index is -1.44. The van der Waals surface area contributed by atoms with E-state index < -0.39 is 12.1 Å². The van der Waals surface area contributed by atoms with Crippen LogP contribution in [0.4, 0.5) is 0 Å². The Kier molecular flexibility index (Phi) is 3.66. The summed E-state index contributed by atoms with van der Waals surface area (Å²) in [6.45, 7) is 1.92. The molecule has 1 aromatic rings. The van der Waals surface area contributed by atoms with Gasteiger partial charge in [0.25, 0.3) is 0 Å². The fraction of sp³-hybridized carbons (Fsp3) is 0.300. The average Bonchev–Trinajstić information content (AvgIpc) is 2.16. The van der Waals surface area contributed by atoms with Crippen LogP contribution < -0.4 is 0 Å². The lowest BCUT2D eigenvalue weighted by Crippen LogP contribution is -2.12. The number of benzene rings is 1. The summed E-state index contributed by atoms with van der Waals surface area (Å²) in [7, 11) is 0. The molecular formula is C10H11BrO3. The highest BCUT2D eigenvalue weighted by Gasteiger charge is 2.18. The van der Waals surface area contributed by atoms with E-state index in [1.165, 1.54) is 0 Å². The zero-order valence-electron chi connectivity index (χ0n) is 7.70. The Morgan fingerprint density at radius 2 is 2.21 bits per heavy atom. The fourth-order valence-corrected chi connectivity index (χ4v) is 1.65. The number of aliphatic hydroxyl groups excluding tert-OH is 1. The first-order chi connectivity index (χ1) is 6.56. The summed E-state index contributed by atoms with van der Waals surface area (Å²) in [6.07, 6.45) is -0.741. The van der Waals surface area contributed by atoms with E-state index in [0.717, 1.165) is 10.0 Å². The molecule has 14 heavy (non-hydrogen) atoms. The highest BCUT2D eigenvalue weighted by atomic mass is 79.9. The molecule has 1 aromatic carbocycles. The van der Waals surface area contributed by atoms with Gasteiger partial charge in [-0.1, -0.05) is 28.9 Å². The predicted octanol–water partition coefficient (Wildman–Crippen LogP) is 2.13. The highest BCUT2D eigenvalue weighted by molar-refractivity contribution is 9.10. The molecule has 0 saturated carbocycles. The normalized spacial score (nSPS) is 12.5.